The van der Waals surface area contributed by atoms with Gasteiger partial charge in [0.1, 0.15) is 5.82 Å². The van der Waals surface area contributed by atoms with Crippen LogP contribution >= 0.6 is 0 Å². The highest BCUT2D eigenvalue weighted by molar-refractivity contribution is 5.55. The van der Waals surface area contributed by atoms with Gasteiger partial charge in [-0.05, 0) is 26.0 Å². The number of hydrogen-bond donors (Lipinski definition) is 1. The molecule has 2 rings (SSSR count). The molecule has 1 saturated heterocycles. The van der Waals surface area contributed by atoms with Crippen molar-refractivity contribution in [3.05, 3.63) is 29.6 Å². The molecule has 0 bridgehead atoms. The molecule has 21 heavy (non-hydrogen) atoms. The van der Waals surface area contributed by atoms with E-state index in [9.17, 15) is 4.39 Å². The molecule has 118 valence electrons. The Labute approximate surface area is 126 Å². The highest BCUT2D eigenvalue weighted by Gasteiger charge is 2.28. The average Bonchev–Trinajstić information content (AvgIpc) is 2.43. The van der Waals surface area contributed by atoms with Crippen molar-refractivity contribution in [2.45, 2.75) is 26.0 Å². The first-order valence-corrected chi connectivity index (χ1v) is 7.39. The van der Waals surface area contributed by atoms with Gasteiger partial charge in [0.2, 0.25) is 0 Å². The first-order valence-electron chi connectivity index (χ1n) is 7.39. The van der Waals surface area contributed by atoms with Gasteiger partial charge in [0, 0.05) is 44.5 Å². The van der Waals surface area contributed by atoms with Gasteiger partial charge in [0.05, 0.1) is 18.8 Å². The summed E-state index contributed by atoms with van der Waals surface area (Å²) in [5.74, 6) is -0.165. The number of nitrogens with one attached hydrogen (secondary N) is 1. The topological polar surface area (TPSA) is 33.7 Å². The van der Waals surface area contributed by atoms with Crippen molar-refractivity contribution < 1.29 is 13.9 Å². The minimum absolute atomic E-state index is 0.165. The molecule has 0 radical (unpaired) electrons. The zero-order valence-corrected chi connectivity index (χ0v) is 13.1. The van der Waals surface area contributed by atoms with Gasteiger partial charge < -0.3 is 19.7 Å². The van der Waals surface area contributed by atoms with E-state index in [1.807, 2.05) is 6.07 Å². The molecule has 5 heteroatoms. The van der Waals surface area contributed by atoms with E-state index >= 15 is 0 Å². The number of halogens is 1. The van der Waals surface area contributed by atoms with Crippen LogP contribution in [-0.4, -0.2) is 45.6 Å². The standard InChI is InChI=1S/C16H25FN2O2/c1-16(2)12-19(8-10-21-16)15-6-4-5-14(17)13(15)11-18-7-9-20-3/h4-6,18H,7-12H2,1-3H3. The van der Waals surface area contributed by atoms with Crippen LogP contribution in [0.5, 0.6) is 0 Å². The number of benzene rings is 1. The van der Waals surface area contributed by atoms with E-state index in [1.54, 1.807) is 13.2 Å². The first kappa shape index (κ1) is 16.2. The Balaban J connectivity index is 2.12. The first-order chi connectivity index (χ1) is 10.0. The van der Waals surface area contributed by atoms with Gasteiger partial charge in [-0.25, -0.2) is 4.39 Å². The normalized spacial score (nSPS) is 18.0. The summed E-state index contributed by atoms with van der Waals surface area (Å²) in [7, 11) is 1.66. The molecule has 0 atom stereocenters. The lowest BCUT2D eigenvalue weighted by Crippen LogP contribution is -2.48. The summed E-state index contributed by atoms with van der Waals surface area (Å²) in [5, 5.41) is 3.22. The van der Waals surface area contributed by atoms with E-state index in [4.69, 9.17) is 9.47 Å². The molecule has 1 aliphatic rings. The second kappa shape index (κ2) is 7.20. The van der Waals surface area contributed by atoms with Crippen LogP contribution in [0.3, 0.4) is 0 Å². The number of nitrogens with zero attached hydrogens (tertiary/aromatic N) is 1. The van der Waals surface area contributed by atoms with E-state index in [1.165, 1.54) is 6.07 Å². The van der Waals surface area contributed by atoms with Gasteiger partial charge in [-0.2, -0.15) is 0 Å². The maximum atomic E-state index is 14.2. The minimum atomic E-state index is -0.203. The van der Waals surface area contributed by atoms with Crippen molar-refractivity contribution in [2.75, 3.05) is 44.9 Å². The van der Waals surface area contributed by atoms with Crippen molar-refractivity contribution in [3.8, 4) is 0 Å². The molecular formula is C16H25FN2O2. The second-order valence-corrected chi connectivity index (χ2v) is 5.94. The number of rotatable bonds is 6. The van der Waals surface area contributed by atoms with E-state index in [0.29, 0.717) is 31.9 Å². The summed E-state index contributed by atoms with van der Waals surface area (Å²) in [6.07, 6.45) is 0. The van der Waals surface area contributed by atoms with Crippen LogP contribution in [0.25, 0.3) is 0 Å². The molecular weight excluding hydrogens is 271 g/mol. The van der Waals surface area contributed by atoms with Crippen molar-refractivity contribution in [3.63, 3.8) is 0 Å². The maximum Gasteiger partial charge on any atom is 0.129 e. The predicted octanol–water partition coefficient (Wildman–Crippen LogP) is 2.18. The fourth-order valence-corrected chi connectivity index (χ4v) is 2.63. The van der Waals surface area contributed by atoms with Gasteiger partial charge in [0.25, 0.3) is 0 Å². The Morgan fingerprint density at radius 2 is 2.24 bits per heavy atom. The van der Waals surface area contributed by atoms with Crippen molar-refractivity contribution in [1.29, 1.82) is 0 Å². The molecule has 1 aliphatic heterocycles. The summed E-state index contributed by atoms with van der Waals surface area (Å²) in [4.78, 5) is 2.21. The number of methoxy groups -OCH3 is 1. The molecule has 1 fully saturated rings. The van der Waals surface area contributed by atoms with Crippen molar-refractivity contribution >= 4 is 5.69 Å². The van der Waals surface area contributed by atoms with Gasteiger partial charge in [-0.15, -0.1) is 0 Å². The number of morpholine rings is 1. The summed E-state index contributed by atoms with van der Waals surface area (Å²) in [6, 6.07) is 5.27. The molecule has 1 aromatic rings. The fourth-order valence-electron chi connectivity index (χ4n) is 2.63. The maximum absolute atomic E-state index is 14.2. The lowest BCUT2D eigenvalue weighted by atomic mass is 10.0. The van der Waals surface area contributed by atoms with Gasteiger partial charge in [-0.1, -0.05) is 6.07 Å². The number of anilines is 1. The highest BCUT2D eigenvalue weighted by atomic mass is 19.1. The van der Waals surface area contributed by atoms with Crippen LogP contribution in [0.1, 0.15) is 19.4 Å². The third kappa shape index (κ3) is 4.40. The highest BCUT2D eigenvalue weighted by Crippen LogP contribution is 2.27. The van der Waals surface area contributed by atoms with Gasteiger partial charge in [-0.3, -0.25) is 0 Å². The molecule has 0 unspecified atom stereocenters. The molecule has 1 N–H and O–H groups in total. The molecule has 1 aromatic carbocycles. The van der Waals surface area contributed by atoms with Gasteiger partial charge >= 0.3 is 0 Å². The SMILES string of the molecule is COCCNCc1c(F)cccc1N1CCOC(C)(C)C1. The molecule has 0 aromatic heterocycles. The van der Waals surface area contributed by atoms with Gasteiger partial charge in [0.15, 0.2) is 0 Å². The zero-order chi connectivity index (χ0) is 15.3. The number of hydrogen-bond acceptors (Lipinski definition) is 4. The second-order valence-electron chi connectivity index (χ2n) is 5.94. The lowest BCUT2D eigenvalue weighted by Gasteiger charge is -2.40. The molecule has 0 amide bonds. The quantitative estimate of drug-likeness (QED) is 0.816. The van der Waals surface area contributed by atoms with Crippen LogP contribution in [0, 0.1) is 5.82 Å². The summed E-state index contributed by atoms with van der Waals surface area (Å²) < 4.78 is 24.9. The van der Waals surface area contributed by atoms with E-state index in [-0.39, 0.29) is 11.4 Å². The van der Waals surface area contributed by atoms with Crippen molar-refractivity contribution in [1.82, 2.24) is 5.32 Å². The molecule has 0 aliphatic carbocycles. The summed E-state index contributed by atoms with van der Waals surface area (Å²) in [6.45, 7) is 8.18. The van der Waals surface area contributed by atoms with Crippen LogP contribution in [-0.2, 0) is 16.0 Å². The Bertz CT molecular complexity index is 466. The van der Waals surface area contributed by atoms with E-state index < -0.39 is 0 Å². The van der Waals surface area contributed by atoms with Crippen LogP contribution in [0.4, 0.5) is 10.1 Å². The monoisotopic (exact) mass is 296 g/mol. The molecule has 1 heterocycles. The van der Waals surface area contributed by atoms with E-state index in [2.05, 4.69) is 24.1 Å². The predicted molar refractivity (Wildman–Crippen MR) is 82.2 cm³/mol. The smallest absolute Gasteiger partial charge is 0.129 e. The Morgan fingerprint density at radius 3 is 2.95 bits per heavy atom. The Morgan fingerprint density at radius 1 is 1.43 bits per heavy atom. The molecule has 0 spiro atoms. The molecule has 4 nitrogen and oxygen atoms in total. The Hall–Kier alpha value is -1.17. The van der Waals surface area contributed by atoms with Crippen LogP contribution in [0.15, 0.2) is 18.2 Å². The summed E-state index contributed by atoms with van der Waals surface area (Å²) in [5.41, 5.74) is 1.47. The average molecular weight is 296 g/mol. The Kier molecular flexibility index (Phi) is 5.56. The van der Waals surface area contributed by atoms with Crippen LogP contribution < -0.4 is 10.2 Å². The third-order valence-corrected chi connectivity index (χ3v) is 3.65. The number of ether oxygens (including phenoxy) is 2. The minimum Gasteiger partial charge on any atom is -0.383 e. The van der Waals surface area contributed by atoms with E-state index in [0.717, 1.165) is 18.8 Å². The summed E-state index contributed by atoms with van der Waals surface area (Å²) >= 11 is 0. The fraction of sp³-hybridized carbons (Fsp3) is 0.625. The van der Waals surface area contributed by atoms with Crippen LogP contribution in [0.2, 0.25) is 0 Å². The molecule has 0 saturated carbocycles. The zero-order valence-electron chi connectivity index (χ0n) is 13.1. The third-order valence-electron chi connectivity index (χ3n) is 3.65. The van der Waals surface area contributed by atoms with Crippen molar-refractivity contribution in [2.24, 2.45) is 0 Å². The lowest BCUT2D eigenvalue weighted by molar-refractivity contribution is -0.0277. The largest absolute Gasteiger partial charge is 0.383 e.